The Morgan fingerprint density at radius 1 is 1.05 bits per heavy atom. The van der Waals surface area contributed by atoms with E-state index in [0.717, 1.165) is 30.8 Å². The lowest BCUT2D eigenvalue weighted by atomic mass is 10.1. The molecule has 5 N–H and O–H groups in total. The number of rotatable bonds is 10. The minimum absolute atomic E-state index is 0.0977. The van der Waals surface area contributed by atoms with Crippen molar-refractivity contribution < 1.29 is 19.1 Å². The molecule has 2 amide bonds. The molecule has 2 aromatic rings. The van der Waals surface area contributed by atoms with Crippen molar-refractivity contribution in [1.82, 2.24) is 31.4 Å². The van der Waals surface area contributed by atoms with Crippen LogP contribution < -0.4 is 26.6 Å². The van der Waals surface area contributed by atoms with Crippen LogP contribution in [-0.2, 0) is 4.79 Å². The van der Waals surface area contributed by atoms with Gasteiger partial charge in [-0.15, -0.1) is 5.53 Å². The number of halogens is 1. The molecule has 0 spiro atoms. The average molecular weight is 538 g/mol. The highest BCUT2D eigenvalue weighted by atomic mass is 19.1. The molecule has 2 heterocycles. The van der Waals surface area contributed by atoms with Gasteiger partial charge in [-0.2, -0.15) is 0 Å². The largest absolute Gasteiger partial charge is 0.379 e. The van der Waals surface area contributed by atoms with E-state index < -0.39 is 12.3 Å². The Bertz CT molecular complexity index is 1170. The molecule has 1 saturated carbocycles. The lowest BCUT2D eigenvalue weighted by molar-refractivity contribution is -0.135. The lowest BCUT2D eigenvalue weighted by Gasteiger charge is -2.35. The number of piperazine rings is 1. The Morgan fingerprint density at radius 2 is 1.77 bits per heavy atom. The molecule has 5 rings (SSSR count). The van der Waals surface area contributed by atoms with Gasteiger partial charge in [0.15, 0.2) is 0 Å². The van der Waals surface area contributed by atoms with Gasteiger partial charge in [0.1, 0.15) is 18.1 Å². The zero-order chi connectivity index (χ0) is 27.4. The molecule has 0 bridgehead atoms. The second-order valence-corrected chi connectivity index (χ2v) is 10.4. The van der Waals surface area contributed by atoms with Gasteiger partial charge < -0.3 is 25.6 Å². The predicted molar refractivity (Wildman–Crippen MR) is 146 cm³/mol. The third-order valence-corrected chi connectivity index (χ3v) is 7.54. The molecule has 1 saturated heterocycles. The van der Waals surface area contributed by atoms with E-state index in [4.69, 9.17) is 0 Å². The van der Waals surface area contributed by atoms with Gasteiger partial charge in [-0.25, -0.2) is 4.39 Å². The fraction of sp³-hybridized carbons (Fsp3) is 0.429. The molecule has 2 aromatic carbocycles. The lowest BCUT2D eigenvalue weighted by Crippen LogP contribution is -2.54. The van der Waals surface area contributed by atoms with E-state index in [1.807, 2.05) is 25.4 Å². The van der Waals surface area contributed by atoms with Crippen LogP contribution >= 0.6 is 0 Å². The third kappa shape index (κ3) is 6.93. The number of amides is 2. The number of hydrazine groups is 2. The van der Waals surface area contributed by atoms with Crippen molar-refractivity contribution in [3.05, 3.63) is 77.9 Å². The first-order valence-electron chi connectivity index (χ1n) is 13.4. The Balaban J connectivity index is 1.18. The van der Waals surface area contributed by atoms with Crippen LogP contribution in [0.1, 0.15) is 41.1 Å². The fourth-order valence-corrected chi connectivity index (χ4v) is 5.04. The van der Waals surface area contributed by atoms with E-state index in [9.17, 15) is 19.1 Å². The predicted octanol–water partition coefficient (Wildman–Crippen LogP) is 1.24. The van der Waals surface area contributed by atoms with Gasteiger partial charge in [0.05, 0.1) is 5.69 Å². The van der Waals surface area contributed by atoms with Crippen molar-refractivity contribution in [3.63, 3.8) is 0 Å². The van der Waals surface area contributed by atoms with Gasteiger partial charge in [0.25, 0.3) is 5.91 Å². The van der Waals surface area contributed by atoms with Gasteiger partial charge in [-0.05, 0) is 68.3 Å². The molecule has 0 aromatic heterocycles. The van der Waals surface area contributed by atoms with E-state index in [1.165, 1.54) is 12.1 Å². The zero-order valence-electron chi connectivity index (χ0n) is 22.0. The van der Waals surface area contributed by atoms with Crippen LogP contribution in [0.2, 0.25) is 0 Å². The summed E-state index contributed by atoms with van der Waals surface area (Å²) in [6, 6.07) is 12.9. The summed E-state index contributed by atoms with van der Waals surface area (Å²) in [4.78, 5) is 30.5. The van der Waals surface area contributed by atoms with Crippen LogP contribution in [0.5, 0.6) is 0 Å². The number of aliphatic hydroxyl groups is 1. The number of anilines is 1. The van der Waals surface area contributed by atoms with E-state index in [-0.39, 0.29) is 29.6 Å². The van der Waals surface area contributed by atoms with Crippen LogP contribution in [-0.4, -0.2) is 78.3 Å². The number of aliphatic hydroxyl groups excluding tert-OH is 1. The minimum atomic E-state index is -0.825. The summed E-state index contributed by atoms with van der Waals surface area (Å²) in [5.74, 6) is -0.504. The number of likely N-dealkylation sites (N-methyl/N-ethyl adjacent to an activating group) is 1. The van der Waals surface area contributed by atoms with Crippen molar-refractivity contribution in [2.75, 3.05) is 38.2 Å². The van der Waals surface area contributed by atoms with Gasteiger partial charge in [0, 0.05) is 56.1 Å². The first kappa shape index (κ1) is 27.1. The van der Waals surface area contributed by atoms with Crippen molar-refractivity contribution in [2.24, 2.45) is 0 Å². The molecule has 1 aliphatic carbocycles. The van der Waals surface area contributed by atoms with Gasteiger partial charge in [0.2, 0.25) is 5.91 Å². The van der Waals surface area contributed by atoms with E-state index in [2.05, 4.69) is 26.5 Å². The molecule has 208 valence electrons. The third-order valence-electron chi connectivity index (χ3n) is 7.54. The second kappa shape index (κ2) is 12.1. The highest BCUT2D eigenvalue weighted by Crippen LogP contribution is 2.41. The molecule has 2 fully saturated rings. The van der Waals surface area contributed by atoms with Gasteiger partial charge >= 0.3 is 0 Å². The number of hydrogen-bond acceptors (Lipinski definition) is 8. The van der Waals surface area contributed by atoms with Crippen molar-refractivity contribution >= 4 is 17.5 Å². The van der Waals surface area contributed by atoms with E-state index in [1.54, 1.807) is 40.4 Å². The Labute approximate surface area is 227 Å². The molecule has 0 radical (unpaired) electrons. The second-order valence-electron chi connectivity index (χ2n) is 10.4. The SMILES string of the molecule is CN1CCN(C(=O)[C@H](CC[C@H](O)N[C@@H]2C[C@H]2c2ccc(F)cc2)NC(=O)c2ccc(N3C=CNN3)cc2)CC1. The van der Waals surface area contributed by atoms with Crippen LogP contribution in [0.25, 0.3) is 0 Å². The number of carbonyl (C=O) groups excluding carboxylic acids is 2. The molecule has 2 aliphatic heterocycles. The molecule has 11 heteroatoms. The van der Waals surface area contributed by atoms with E-state index >= 15 is 0 Å². The number of hydrogen-bond donors (Lipinski definition) is 5. The number of carbonyl (C=O) groups is 2. The van der Waals surface area contributed by atoms with Crippen molar-refractivity contribution in [2.45, 2.75) is 43.5 Å². The summed E-state index contributed by atoms with van der Waals surface area (Å²) >= 11 is 0. The van der Waals surface area contributed by atoms with Crippen molar-refractivity contribution in [3.8, 4) is 0 Å². The summed E-state index contributed by atoms with van der Waals surface area (Å²) in [6.07, 6.45) is 4.21. The van der Waals surface area contributed by atoms with Crippen LogP contribution in [0.4, 0.5) is 10.1 Å². The maximum Gasteiger partial charge on any atom is 0.251 e. The zero-order valence-corrected chi connectivity index (χ0v) is 22.0. The van der Waals surface area contributed by atoms with Crippen LogP contribution in [0.3, 0.4) is 0 Å². The maximum atomic E-state index is 13.4. The van der Waals surface area contributed by atoms with Crippen LogP contribution in [0.15, 0.2) is 60.9 Å². The average Bonchev–Trinajstić information content (AvgIpc) is 3.48. The molecule has 3 aliphatic rings. The number of nitrogens with one attached hydrogen (secondary N) is 4. The van der Waals surface area contributed by atoms with Gasteiger partial charge in [-0.3, -0.25) is 19.9 Å². The summed E-state index contributed by atoms with van der Waals surface area (Å²) in [7, 11) is 2.02. The molecule has 10 nitrogen and oxygen atoms in total. The quantitative estimate of drug-likeness (QED) is 0.288. The molecule has 0 unspecified atom stereocenters. The molecular weight excluding hydrogens is 501 g/mol. The summed E-state index contributed by atoms with van der Waals surface area (Å²) in [5, 5.41) is 18.6. The number of benzene rings is 2. The van der Waals surface area contributed by atoms with Crippen LogP contribution in [0, 0.1) is 5.82 Å². The van der Waals surface area contributed by atoms with E-state index in [0.29, 0.717) is 31.5 Å². The minimum Gasteiger partial charge on any atom is -0.379 e. The van der Waals surface area contributed by atoms with Crippen molar-refractivity contribution in [1.29, 1.82) is 0 Å². The maximum absolute atomic E-state index is 13.4. The van der Waals surface area contributed by atoms with Gasteiger partial charge in [-0.1, -0.05) is 12.1 Å². The first-order valence-corrected chi connectivity index (χ1v) is 13.4. The molecular formula is C28H36FN7O3. The Hall–Kier alpha value is -3.51. The molecule has 4 atom stereocenters. The summed E-state index contributed by atoms with van der Waals surface area (Å²) in [5.41, 5.74) is 8.14. The highest BCUT2D eigenvalue weighted by Gasteiger charge is 2.39. The Morgan fingerprint density at radius 3 is 2.44 bits per heavy atom. The summed E-state index contributed by atoms with van der Waals surface area (Å²) < 4.78 is 13.2. The first-order chi connectivity index (χ1) is 18.9. The fourth-order valence-electron chi connectivity index (χ4n) is 5.04. The molecule has 39 heavy (non-hydrogen) atoms. The topological polar surface area (TPSA) is 112 Å². The monoisotopic (exact) mass is 537 g/mol. The highest BCUT2D eigenvalue weighted by molar-refractivity contribution is 5.97. The standard InChI is InChI=1S/C28H36FN7O3/c1-34-14-16-35(17-15-34)28(39)24(32-27(38)20-4-8-22(9-5-20)36-13-12-30-33-36)10-11-26(37)31-25-18-23(25)19-2-6-21(29)7-3-19/h2-9,12-13,23-26,30-31,33,37H,10-11,14-18H2,1H3,(H,32,38)/t23-,24-,25+,26-/m0/s1. The summed E-state index contributed by atoms with van der Waals surface area (Å²) in [6.45, 7) is 2.75. The smallest absolute Gasteiger partial charge is 0.251 e. The normalized spacial score (nSPS) is 22.3. The Kier molecular flexibility index (Phi) is 8.41. The number of nitrogens with zero attached hydrogens (tertiary/aromatic N) is 3.